The summed E-state index contributed by atoms with van der Waals surface area (Å²) in [7, 11) is 0. The van der Waals surface area contributed by atoms with Gasteiger partial charge in [-0.05, 0) is 25.0 Å². The van der Waals surface area contributed by atoms with Crippen LogP contribution in [0.2, 0.25) is 0 Å². The molecule has 1 heterocycles. The number of carbonyl (C=O) groups excluding carboxylic acids is 1. The SMILES string of the molecule is Cc1cc(C)c2c(c1)CC(=O)CCN2. The van der Waals surface area contributed by atoms with E-state index in [2.05, 4.69) is 31.3 Å². The Morgan fingerprint density at radius 2 is 2.07 bits per heavy atom. The first-order valence-corrected chi connectivity index (χ1v) is 5.02. The van der Waals surface area contributed by atoms with Gasteiger partial charge < -0.3 is 5.32 Å². The first-order valence-electron chi connectivity index (χ1n) is 5.02. The normalized spacial score (nSPS) is 15.7. The third-order valence-corrected chi connectivity index (χ3v) is 2.65. The molecule has 0 aliphatic carbocycles. The molecule has 0 saturated carbocycles. The van der Waals surface area contributed by atoms with Crippen LogP contribution in [-0.2, 0) is 11.2 Å². The fourth-order valence-electron chi connectivity index (χ4n) is 2.08. The van der Waals surface area contributed by atoms with Crippen LogP contribution in [0, 0.1) is 13.8 Å². The van der Waals surface area contributed by atoms with Crippen molar-refractivity contribution in [2.24, 2.45) is 0 Å². The van der Waals surface area contributed by atoms with E-state index in [1.165, 1.54) is 16.8 Å². The summed E-state index contributed by atoms with van der Waals surface area (Å²) >= 11 is 0. The first-order chi connectivity index (χ1) is 6.66. The number of nitrogens with one attached hydrogen (secondary N) is 1. The molecule has 0 fully saturated rings. The number of rotatable bonds is 0. The van der Waals surface area contributed by atoms with E-state index in [1.54, 1.807) is 0 Å². The van der Waals surface area contributed by atoms with Gasteiger partial charge in [-0.15, -0.1) is 0 Å². The van der Waals surface area contributed by atoms with Crippen LogP contribution < -0.4 is 5.32 Å². The summed E-state index contributed by atoms with van der Waals surface area (Å²) < 4.78 is 0. The van der Waals surface area contributed by atoms with Gasteiger partial charge in [-0.2, -0.15) is 0 Å². The van der Waals surface area contributed by atoms with Crippen molar-refractivity contribution in [3.63, 3.8) is 0 Å². The van der Waals surface area contributed by atoms with Gasteiger partial charge in [0.2, 0.25) is 0 Å². The Labute approximate surface area is 84.3 Å². The first kappa shape index (κ1) is 9.25. The molecule has 1 aromatic carbocycles. The molecular weight excluding hydrogens is 174 g/mol. The van der Waals surface area contributed by atoms with Crippen LogP contribution in [0.15, 0.2) is 12.1 Å². The average Bonchev–Trinajstić information content (AvgIpc) is 2.25. The van der Waals surface area contributed by atoms with Crippen LogP contribution in [0.3, 0.4) is 0 Å². The summed E-state index contributed by atoms with van der Waals surface area (Å²) in [6, 6.07) is 4.26. The molecule has 74 valence electrons. The van der Waals surface area contributed by atoms with Crippen molar-refractivity contribution in [1.82, 2.24) is 0 Å². The predicted octanol–water partition coefficient (Wildman–Crippen LogP) is 2.23. The number of aryl methyl sites for hydroxylation is 2. The molecule has 0 saturated heterocycles. The van der Waals surface area contributed by atoms with Crippen LogP contribution in [0.25, 0.3) is 0 Å². The Balaban J connectivity index is 2.50. The minimum Gasteiger partial charge on any atom is -0.384 e. The van der Waals surface area contributed by atoms with Gasteiger partial charge in [-0.25, -0.2) is 0 Å². The van der Waals surface area contributed by atoms with E-state index < -0.39 is 0 Å². The molecule has 0 atom stereocenters. The number of carbonyl (C=O) groups is 1. The second kappa shape index (κ2) is 3.45. The zero-order valence-corrected chi connectivity index (χ0v) is 8.68. The highest BCUT2D eigenvalue weighted by Gasteiger charge is 2.14. The Kier molecular flexibility index (Phi) is 2.28. The van der Waals surface area contributed by atoms with Gasteiger partial charge in [-0.1, -0.05) is 17.7 Å². The number of benzene rings is 1. The van der Waals surface area contributed by atoms with Gasteiger partial charge >= 0.3 is 0 Å². The van der Waals surface area contributed by atoms with Crippen LogP contribution in [0.1, 0.15) is 23.1 Å². The van der Waals surface area contributed by atoms with E-state index in [9.17, 15) is 4.79 Å². The molecule has 2 heteroatoms. The molecule has 1 N–H and O–H groups in total. The van der Waals surface area contributed by atoms with Crippen LogP contribution >= 0.6 is 0 Å². The van der Waals surface area contributed by atoms with Gasteiger partial charge in [0.25, 0.3) is 0 Å². The highest BCUT2D eigenvalue weighted by molar-refractivity contribution is 5.85. The van der Waals surface area contributed by atoms with Gasteiger partial charge in [-0.3, -0.25) is 4.79 Å². The van der Waals surface area contributed by atoms with E-state index >= 15 is 0 Å². The van der Waals surface area contributed by atoms with Crippen molar-refractivity contribution >= 4 is 11.5 Å². The predicted molar refractivity (Wildman–Crippen MR) is 57.7 cm³/mol. The van der Waals surface area contributed by atoms with E-state index in [0.717, 1.165) is 12.1 Å². The number of anilines is 1. The number of hydrogen-bond acceptors (Lipinski definition) is 2. The molecular formula is C12H15NO. The van der Waals surface area contributed by atoms with Gasteiger partial charge in [0.05, 0.1) is 0 Å². The standard InChI is InChI=1S/C12H15NO/c1-8-5-9(2)12-10(6-8)7-11(14)3-4-13-12/h5-6,13H,3-4,7H2,1-2H3. The number of ketones is 1. The molecule has 0 unspecified atom stereocenters. The van der Waals surface area contributed by atoms with Crippen molar-refractivity contribution in [3.8, 4) is 0 Å². The Hall–Kier alpha value is -1.31. The lowest BCUT2D eigenvalue weighted by atomic mass is 10.0. The van der Waals surface area contributed by atoms with Crippen LogP contribution in [0.5, 0.6) is 0 Å². The molecule has 14 heavy (non-hydrogen) atoms. The van der Waals surface area contributed by atoms with E-state index in [1.807, 2.05) is 0 Å². The monoisotopic (exact) mass is 189 g/mol. The minimum atomic E-state index is 0.334. The Morgan fingerprint density at radius 3 is 2.86 bits per heavy atom. The maximum Gasteiger partial charge on any atom is 0.139 e. The van der Waals surface area contributed by atoms with Crippen molar-refractivity contribution in [2.45, 2.75) is 26.7 Å². The summed E-state index contributed by atoms with van der Waals surface area (Å²) in [4.78, 5) is 11.4. The third kappa shape index (κ3) is 1.65. The summed E-state index contributed by atoms with van der Waals surface area (Å²) in [6.45, 7) is 4.94. The van der Waals surface area contributed by atoms with Gasteiger partial charge in [0.1, 0.15) is 5.78 Å². The molecule has 2 rings (SSSR count). The van der Waals surface area contributed by atoms with Crippen molar-refractivity contribution < 1.29 is 4.79 Å². The van der Waals surface area contributed by atoms with E-state index in [-0.39, 0.29) is 0 Å². The second-order valence-electron chi connectivity index (χ2n) is 4.01. The summed E-state index contributed by atoms with van der Waals surface area (Å²) in [5, 5.41) is 3.33. The lowest BCUT2D eigenvalue weighted by molar-refractivity contribution is -0.118. The lowest BCUT2D eigenvalue weighted by Gasteiger charge is -2.11. The van der Waals surface area contributed by atoms with Crippen molar-refractivity contribution in [1.29, 1.82) is 0 Å². The maximum absolute atomic E-state index is 11.4. The van der Waals surface area contributed by atoms with Crippen molar-refractivity contribution in [3.05, 3.63) is 28.8 Å². The quantitative estimate of drug-likeness (QED) is 0.678. The highest BCUT2D eigenvalue weighted by Crippen LogP contribution is 2.25. The Bertz CT molecular complexity index is 382. The summed E-state index contributed by atoms with van der Waals surface area (Å²) in [6.07, 6.45) is 1.23. The van der Waals surface area contributed by atoms with Crippen molar-refractivity contribution in [2.75, 3.05) is 11.9 Å². The molecule has 1 aliphatic heterocycles. The molecule has 2 nitrogen and oxygen atoms in total. The fraction of sp³-hybridized carbons (Fsp3) is 0.417. The van der Waals surface area contributed by atoms with Gasteiger partial charge in [0, 0.05) is 25.1 Å². The molecule has 1 aliphatic rings. The smallest absolute Gasteiger partial charge is 0.139 e. The lowest BCUT2D eigenvalue weighted by Crippen LogP contribution is -2.04. The molecule has 0 amide bonds. The van der Waals surface area contributed by atoms with Crippen LogP contribution in [0.4, 0.5) is 5.69 Å². The molecule has 0 bridgehead atoms. The topological polar surface area (TPSA) is 29.1 Å². The maximum atomic E-state index is 11.4. The summed E-state index contributed by atoms with van der Waals surface area (Å²) in [5.74, 6) is 0.334. The fourth-order valence-corrected chi connectivity index (χ4v) is 2.08. The largest absolute Gasteiger partial charge is 0.384 e. The zero-order valence-electron chi connectivity index (χ0n) is 8.68. The third-order valence-electron chi connectivity index (χ3n) is 2.65. The highest BCUT2D eigenvalue weighted by atomic mass is 16.1. The van der Waals surface area contributed by atoms with E-state index in [0.29, 0.717) is 18.6 Å². The zero-order chi connectivity index (χ0) is 10.1. The Morgan fingerprint density at radius 1 is 1.29 bits per heavy atom. The molecule has 0 aromatic heterocycles. The number of hydrogen-bond donors (Lipinski definition) is 1. The summed E-state index contributed by atoms with van der Waals surface area (Å²) in [5.41, 5.74) is 4.80. The average molecular weight is 189 g/mol. The minimum absolute atomic E-state index is 0.334. The van der Waals surface area contributed by atoms with E-state index in [4.69, 9.17) is 0 Å². The second-order valence-corrected chi connectivity index (χ2v) is 4.01. The number of Topliss-reactive ketones (excluding diaryl/α,β-unsaturated/α-hetero) is 1. The van der Waals surface area contributed by atoms with Gasteiger partial charge in [0.15, 0.2) is 0 Å². The van der Waals surface area contributed by atoms with Crippen LogP contribution in [-0.4, -0.2) is 12.3 Å². The molecule has 0 radical (unpaired) electrons. The number of fused-ring (bicyclic) bond motifs is 1. The molecule has 1 aromatic rings. The molecule has 0 spiro atoms.